The van der Waals surface area contributed by atoms with Gasteiger partial charge in [0.05, 0.1) is 13.2 Å². The Labute approximate surface area is 190 Å². The molecule has 2 saturated heterocycles. The molecule has 2 heterocycles. The average Bonchev–Trinajstić information content (AvgIpc) is 2.85. The summed E-state index contributed by atoms with van der Waals surface area (Å²) in [7, 11) is 1.66. The molecular formula is C26H33N3O3. The molecule has 170 valence electrons. The van der Waals surface area contributed by atoms with E-state index in [1.54, 1.807) is 7.11 Å². The first-order chi connectivity index (χ1) is 15.6. The van der Waals surface area contributed by atoms with Crippen LogP contribution in [0.4, 0.5) is 5.69 Å². The van der Waals surface area contributed by atoms with Gasteiger partial charge in [-0.3, -0.25) is 14.5 Å². The fourth-order valence-corrected chi connectivity index (χ4v) is 4.80. The molecule has 2 aliphatic heterocycles. The van der Waals surface area contributed by atoms with Gasteiger partial charge in [0.15, 0.2) is 0 Å². The predicted molar refractivity (Wildman–Crippen MR) is 126 cm³/mol. The largest absolute Gasteiger partial charge is 0.497 e. The third-order valence-corrected chi connectivity index (χ3v) is 6.73. The number of nitrogens with zero attached hydrogens (tertiary/aromatic N) is 3. The second kappa shape index (κ2) is 10.2. The maximum atomic E-state index is 13.2. The molecule has 2 aromatic carbocycles. The summed E-state index contributed by atoms with van der Waals surface area (Å²) < 4.78 is 5.31. The van der Waals surface area contributed by atoms with Crippen molar-refractivity contribution in [1.29, 1.82) is 0 Å². The molecule has 2 aliphatic rings. The fraction of sp³-hybridized carbons (Fsp3) is 0.462. The molecule has 6 heteroatoms. The molecule has 2 amide bonds. The number of hydrogen-bond donors (Lipinski definition) is 0. The normalized spacial score (nSPS) is 20.8. The smallest absolute Gasteiger partial charge is 0.244 e. The lowest BCUT2D eigenvalue weighted by Crippen LogP contribution is -2.58. The van der Waals surface area contributed by atoms with Crippen molar-refractivity contribution in [2.45, 2.75) is 38.1 Å². The van der Waals surface area contributed by atoms with Crippen LogP contribution in [0.5, 0.6) is 5.75 Å². The second-order valence-corrected chi connectivity index (χ2v) is 8.78. The van der Waals surface area contributed by atoms with E-state index in [9.17, 15) is 9.59 Å². The monoisotopic (exact) mass is 435 g/mol. The first-order valence-electron chi connectivity index (χ1n) is 11.6. The molecule has 0 aliphatic carbocycles. The molecule has 6 nitrogen and oxygen atoms in total. The van der Waals surface area contributed by atoms with Gasteiger partial charge in [-0.05, 0) is 48.6 Å². The minimum atomic E-state index is -0.0862. The highest BCUT2D eigenvalue weighted by atomic mass is 16.5. The molecule has 0 aromatic heterocycles. The summed E-state index contributed by atoms with van der Waals surface area (Å²) >= 11 is 0. The summed E-state index contributed by atoms with van der Waals surface area (Å²) in [6, 6.07) is 17.8. The van der Waals surface area contributed by atoms with Crippen LogP contribution in [-0.2, 0) is 9.59 Å². The van der Waals surface area contributed by atoms with E-state index in [-0.39, 0.29) is 23.8 Å². The van der Waals surface area contributed by atoms with E-state index >= 15 is 0 Å². The minimum Gasteiger partial charge on any atom is -0.497 e. The van der Waals surface area contributed by atoms with Gasteiger partial charge in [0, 0.05) is 44.8 Å². The van der Waals surface area contributed by atoms with Crippen molar-refractivity contribution in [2.75, 3.05) is 44.7 Å². The molecule has 0 spiro atoms. The second-order valence-electron chi connectivity index (χ2n) is 8.78. The number of hydrogen-bond acceptors (Lipinski definition) is 4. The predicted octanol–water partition coefficient (Wildman–Crippen LogP) is 3.53. The Bertz CT molecular complexity index is 925. The van der Waals surface area contributed by atoms with Gasteiger partial charge in [-0.1, -0.05) is 37.3 Å². The molecular weight excluding hydrogens is 402 g/mol. The first-order valence-corrected chi connectivity index (χ1v) is 11.6. The first kappa shape index (κ1) is 22.3. The number of methoxy groups -OCH3 is 1. The molecule has 0 saturated carbocycles. The van der Waals surface area contributed by atoms with Crippen LogP contribution >= 0.6 is 0 Å². The molecule has 0 N–H and O–H groups in total. The Balaban J connectivity index is 1.31. The SMILES string of the molecule is COc1cccc(C(C)CC(=O)N2CCN(C3CCCN(c4ccccc4)C3=O)CC2)c1. The van der Waals surface area contributed by atoms with Gasteiger partial charge in [0.2, 0.25) is 11.8 Å². The van der Waals surface area contributed by atoms with Crippen LogP contribution in [-0.4, -0.2) is 67.5 Å². The van der Waals surface area contributed by atoms with Crippen molar-refractivity contribution in [2.24, 2.45) is 0 Å². The van der Waals surface area contributed by atoms with Crippen LogP contribution < -0.4 is 9.64 Å². The Morgan fingerprint density at radius 3 is 2.50 bits per heavy atom. The lowest BCUT2D eigenvalue weighted by Gasteiger charge is -2.42. The maximum absolute atomic E-state index is 13.2. The lowest BCUT2D eigenvalue weighted by atomic mass is 9.96. The van der Waals surface area contributed by atoms with Gasteiger partial charge >= 0.3 is 0 Å². The van der Waals surface area contributed by atoms with Crippen molar-refractivity contribution in [3.63, 3.8) is 0 Å². The van der Waals surface area contributed by atoms with Crippen molar-refractivity contribution in [1.82, 2.24) is 9.80 Å². The zero-order chi connectivity index (χ0) is 22.5. The number of piperazine rings is 1. The zero-order valence-corrected chi connectivity index (χ0v) is 19.1. The van der Waals surface area contributed by atoms with Gasteiger partial charge < -0.3 is 14.5 Å². The quantitative estimate of drug-likeness (QED) is 0.697. The third-order valence-electron chi connectivity index (χ3n) is 6.73. The molecule has 0 radical (unpaired) electrons. The Morgan fingerprint density at radius 1 is 1.03 bits per heavy atom. The van der Waals surface area contributed by atoms with E-state index in [1.807, 2.05) is 64.4 Å². The van der Waals surface area contributed by atoms with Crippen molar-refractivity contribution < 1.29 is 14.3 Å². The Morgan fingerprint density at radius 2 is 1.78 bits per heavy atom. The minimum absolute atomic E-state index is 0.0862. The number of benzene rings is 2. The molecule has 0 bridgehead atoms. The van der Waals surface area contributed by atoms with Gasteiger partial charge in [-0.15, -0.1) is 0 Å². The molecule has 2 atom stereocenters. The summed E-state index contributed by atoms with van der Waals surface area (Å²) in [5.74, 6) is 1.32. The van der Waals surface area contributed by atoms with E-state index in [2.05, 4.69) is 11.8 Å². The number of carbonyl (C=O) groups is 2. The molecule has 2 aromatic rings. The van der Waals surface area contributed by atoms with Gasteiger partial charge in [-0.2, -0.15) is 0 Å². The van der Waals surface area contributed by atoms with Crippen LogP contribution in [0.3, 0.4) is 0 Å². The van der Waals surface area contributed by atoms with Gasteiger partial charge in [0.25, 0.3) is 0 Å². The highest BCUT2D eigenvalue weighted by molar-refractivity contribution is 5.97. The lowest BCUT2D eigenvalue weighted by molar-refractivity contribution is -0.134. The van der Waals surface area contributed by atoms with Gasteiger partial charge in [0.1, 0.15) is 5.75 Å². The number of para-hydroxylation sites is 1. The number of anilines is 1. The summed E-state index contributed by atoms with van der Waals surface area (Å²) in [5, 5.41) is 0. The van der Waals surface area contributed by atoms with Crippen molar-refractivity contribution in [3.8, 4) is 5.75 Å². The standard InChI is InChI=1S/C26H33N3O3/c1-20(21-8-6-11-23(19-21)32-2)18-25(30)28-16-14-27(15-17-28)24-12-7-13-29(26(24)31)22-9-4-3-5-10-22/h3-6,8-11,19-20,24H,7,12-18H2,1-2H3. The molecule has 32 heavy (non-hydrogen) atoms. The third kappa shape index (κ3) is 4.96. The van der Waals surface area contributed by atoms with E-state index in [1.165, 1.54) is 0 Å². The summed E-state index contributed by atoms with van der Waals surface area (Å²) in [4.78, 5) is 32.3. The number of piperidine rings is 1. The van der Waals surface area contributed by atoms with Crippen molar-refractivity contribution >= 4 is 17.5 Å². The van der Waals surface area contributed by atoms with E-state index in [4.69, 9.17) is 4.74 Å². The summed E-state index contributed by atoms with van der Waals surface area (Å²) in [5.41, 5.74) is 2.09. The summed E-state index contributed by atoms with van der Waals surface area (Å²) in [6.07, 6.45) is 2.38. The molecule has 2 unspecified atom stereocenters. The Kier molecular flexibility index (Phi) is 7.10. The van der Waals surface area contributed by atoms with Crippen LogP contribution in [0.15, 0.2) is 54.6 Å². The molecule has 4 rings (SSSR count). The maximum Gasteiger partial charge on any atom is 0.244 e. The average molecular weight is 436 g/mol. The molecule has 2 fully saturated rings. The number of amides is 2. The van der Waals surface area contributed by atoms with Crippen LogP contribution in [0.1, 0.15) is 37.7 Å². The topological polar surface area (TPSA) is 53.1 Å². The fourth-order valence-electron chi connectivity index (χ4n) is 4.80. The van der Waals surface area contributed by atoms with E-state index in [0.717, 1.165) is 49.5 Å². The zero-order valence-electron chi connectivity index (χ0n) is 19.1. The number of ether oxygens (including phenoxy) is 1. The van der Waals surface area contributed by atoms with E-state index < -0.39 is 0 Å². The number of carbonyl (C=O) groups excluding carboxylic acids is 2. The van der Waals surface area contributed by atoms with Crippen LogP contribution in [0.25, 0.3) is 0 Å². The van der Waals surface area contributed by atoms with Crippen molar-refractivity contribution in [3.05, 3.63) is 60.2 Å². The summed E-state index contributed by atoms with van der Waals surface area (Å²) in [6.45, 7) is 5.72. The van der Waals surface area contributed by atoms with E-state index in [0.29, 0.717) is 19.5 Å². The van der Waals surface area contributed by atoms with Crippen LogP contribution in [0, 0.1) is 0 Å². The van der Waals surface area contributed by atoms with Gasteiger partial charge in [-0.25, -0.2) is 0 Å². The number of rotatable bonds is 6. The highest BCUT2D eigenvalue weighted by Gasteiger charge is 2.36. The van der Waals surface area contributed by atoms with Crippen LogP contribution in [0.2, 0.25) is 0 Å². The Hall–Kier alpha value is -2.86. The highest BCUT2D eigenvalue weighted by Crippen LogP contribution is 2.26.